The van der Waals surface area contributed by atoms with E-state index in [1.165, 1.54) is 12.0 Å². The minimum atomic E-state index is -0.664. The maximum Gasteiger partial charge on any atom is 0.413 e. The van der Waals surface area contributed by atoms with E-state index < -0.39 is 12.1 Å². The molecule has 0 bridgehead atoms. The monoisotopic (exact) mass is 429 g/mol. The van der Waals surface area contributed by atoms with E-state index in [9.17, 15) is 14.4 Å². The number of benzene rings is 2. The fourth-order valence-electron chi connectivity index (χ4n) is 2.77. The van der Waals surface area contributed by atoms with Crippen molar-refractivity contribution in [2.45, 2.75) is 19.4 Å². The number of carbonyl (C=O) groups excluding carboxylic acids is 3. The molecule has 0 aliphatic carbocycles. The standard InChI is InChI=1S/C22H27N3O4S/c1-15-6-5-7-16(14-15)20(26)24-19(12-13-30-4)21(27)23-17-8-10-18(11-9-17)25(2)22(28)29-3/h5-11,14,19H,12-13H2,1-4H3,(H,23,27)(H,24,26). The van der Waals surface area contributed by atoms with Gasteiger partial charge in [-0.3, -0.25) is 14.5 Å². The third-order valence-electron chi connectivity index (χ3n) is 4.48. The minimum absolute atomic E-state index is 0.282. The quantitative estimate of drug-likeness (QED) is 0.668. The zero-order valence-corrected chi connectivity index (χ0v) is 18.4. The van der Waals surface area contributed by atoms with Gasteiger partial charge in [0.05, 0.1) is 7.11 Å². The van der Waals surface area contributed by atoms with Crippen molar-refractivity contribution in [3.63, 3.8) is 0 Å². The molecule has 2 aromatic rings. The van der Waals surface area contributed by atoms with Crippen molar-refractivity contribution in [3.05, 3.63) is 59.7 Å². The Morgan fingerprint density at radius 3 is 2.43 bits per heavy atom. The van der Waals surface area contributed by atoms with Gasteiger partial charge in [-0.1, -0.05) is 17.7 Å². The Morgan fingerprint density at radius 1 is 1.13 bits per heavy atom. The van der Waals surface area contributed by atoms with Crippen molar-refractivity contribution in [1.29, 1.82) is 0 Å². The lowest BCUT2D eigenvalue weighted by molar-refractivity contribution is -0.118. The van der Waals surface area contributed by atoms with Gasteiger partial charge in [0.1, 0.15) is 6.04 Å². The number of amides is 3. The van der Waals surface area contributed by atoms with Crippen molar-refractivity contribution in [2.24, 2.45) is 0 Å². The minimum Gasteiger partial charge on any atom is -0.452 e. The Labute approximate surface area is 181 Å². The first-order valence-corrected chi connectivity index (χ1v) is 10.8. The van der Waals surface area contributed by atoms with Crippen LogP contribution in [0.2, 0.25) is 0 Å². The highest BCUT2D eigenvalue weighted by Crippen LogP contribution is 2.18. The average molecular weight is 430 g/mol. The van der Waals surface area contributed by atoms with Crippen LogP contribution in [0.1, 0.15) is 22.3 Å². The lowest BCUT2D eigenvalue weighted by Gasteiger charge is -2.19. The number of nitrogens with one attached hydrogen (secondary N) is 2. The first-order chi connectivity index (χ1) is 14.3. The van der Waals surface area contributed by atoms with Crippen LogP contribution in [0.25, 0.3) is 0 Å². The van der Waals surface area contributed by atoms with Gasteiger partial charge in [-0.05, 0) is 61.8 Å². The molecule has 160 valence electrons. The van der Waals surface area contributed by atoms with Gasteiger partial charge in [0.15, 0.2) is 0 Å². The number of carbonyl (C=O) groups is 3. The van der Waals surface area contributed by atoms with E-state index >= 15 is 0 Å². The molecule has 0 spiro atoms. The fraction of sp³-hybridized carbons (Fsp3) is 0.318. The molecule has 2 aromatic carbocycles. The van der Waals surface area contributed by atoms with Crippen LogP contribution in [0, 0.1) is 6.92 Å². The van der Waals surface area contributed by atoms with Crippen LogP contribution in [0.5, 0.6) is 0 Å². The normalized spacial score (nSPS) is 11.3. The first-order valence-electron chi connectivity index (χ1n) is 9.44. The molecule has 0 aliphatic rings. The SMILES string of the molecule is COC(=O)N(C)c1ccc(NC(=O)C(CCSC)NC(=O)c2cccc(C)c2)cc1. The van der Waals surface area contributed by atoms with E-state index in [1.54, 1.807) is 55.2 Å². The molecule has 1 unspecified atom stereocenters. The van der Waals surface area contributed by atoms with Gasteiger partial charge in [0.2, 0.25) is 5.91 Å². The topological polar surface area (TPSA) is 87.7 Å². The smallest absolute Gasteiger partial charge is 0.413 e. The summed E-state index contributed by atoms with van der Waals surface area (Å²) in [5, 5.41) is 5.66. The highest BCUT2D eigenvalue weighted by molar-refractivity contribution is 7.98. The van der Waals surface area contributed by atoms with Gasteiger partial charge in [-0.15, -0.1) is 0 Å². The number of hydrogen-bond acceptors (Lipinski definition) is 5. The van der Waals surface area contributed by atoms with Crippen LogP contribution >= 0.6 is 11.8 Å². The molecular formula is C22H27N3O4S. The molecule has 30 heavy (non-hydrogen) atoms. The van der Waals surface area contributed by atoms with E-state index in [0.717, 1.165) is 11.3 Å². The highest BCUT2D eigenvalue weighted by Gasteiger charge is 2.21. The van der Waals surface area contributed by atoms with E-state index in [-0.39, 0.29) is 11.8 Å². The number of nitrogens with zero attached hydrogens (tertiary/aromatic N) is 1. The van der Waals surface area contributed by atoms with Crippen LogP contribution in [0.4, 0.5) is 16.2 Å². The summed E-state index contributed by atoms with van der Waals surface area (Å²) >= 11 is 1.61. The van der Waals surface area contributed by atoms with E-state index in [2.05, 4.69) is 15.4 Å². The number of ether oxygens (including phenoxy) is 1. The Morgan fingerprint density at radius 2 is 1.83 bits per heavy atom. The number of hydrogen-bond donors (Lipinski definition) is 2. The molecule has 0 fully saturated rings. The first kappa shape index (κ1) is 23.3. The molecule has 3 amide bonds. The predicted molar refractivity (Wildman–Crippen MR) is 121 cm³/mol. The second kappa shape index (κ2) is 11.3. The second-order valence-electron chi connectivity index (χ2n) is 6.74. The summed E-state index contributed by atoms with van der Waals surface area (Å²) < 4.78 is 4.69. The fourth-order valence-corrected chi connectivity index (χ4v) is 3.24. The van der Waals surface area contributed by atoms with Crippen LogP contribution in [-0.2, 0) is 9.53 Å². The van der Waals surface area contributed by atoms with Gasteiger partial charge in [-0.2, -0.15) is 11.8 Å². The zero-order chi connectivity index (χ0) is 22.1. The molecule has 7 nitrogen and oxygen atoms in total. The summed E-state index contributed by atoms with van der Waals surface area (Å²) in [5.74, 6) is 0.156. The van der Waals surface area contributed by atoms with Crippen LogP contribution in [-0.4, -0.2) is 50.1 Å². The third-order valence-corrected chi connectivity index (χ3v) is 5.13. The molecule has 0 saturated carbocycles. The number of anilines is 2. The van der Waals surface area contributed by atoms with E-state index in [4.69, 9.17) is 0 Å². The average Bonchev–Trinajstić information content (AvgIpc) is 2.75. The molecule has 2 N–H and O–H groups in total. The summed E-state index contributed by atoms with van der Waals surface area (Å²) in [6, 6.07) is 13.4. The number of thioether (sulfide) groups is 1. The maximum absolute atomic E-state index is 12.8. The lowest BCUT2D eigenvalue weighted by atomic mass is 10.1. The third kappa shape index (κ3) is 6.52. The maximum atomic E-state index is 12.8. The zero-order valence-electron chi connectivity index (χ0n) is 17.6. The Balaban J connectivity index is 2.07. The van der Waals surface area contributed by atoms with Crippen molar-refractivity contribution in [3.8, 4) is 0 Å². The van der Waals surface area contributed by atoms with Crippen molar-refractivity contribution >= 4 is 41.0 Å². The van der Waals surface area contributed by atoms with Crippen LogP contribution in [0.3, 0.4) is 0 Å². The molecule has 0 radical (unpaired) electrons. The Kier molecular flexibility index (Phi) is 8.73. The largest absolute Gasteiger partial charge is 0.452 e. The molecule has 2 rings (SSSR count). The number of rotatable bonds is 8. The lowest BCUT2D eigenvalue weighted by Crippen LogP contribution is -2.44. The summed E-state index contributed by atoms with van der Waals surface area (Å²) in [7, 11) is 2.91. The molecule has 1 atom stereocenters. The molecule has 0 heterocycles. The molecule has 0 aliphatic heterocycles. The van der Waals surface area contributed by atoms with Crippen LogP contribution in [0.15, 0.2) is 48.5 Å². The van der Waals surface area contributed by atoms with Gasteiger partial charge < -0.3 is 15.4 Å². The van der Waals surface area contributed by atoms with Crippen molar-refractivity contribution < 1.29 is 19.1 Å². The molecule has 0 aromatic heterocycles. The van der Waals surface area contributed by atoms with Gasteiger partial charge in [0.25, 0.3) is 5.91 Å². The van der Waals surface area contributed by atoms with Crippen molar-refractivity contribution in [1.82, 2.24) is 5.32 Å². The van der Waals surface area contributed by atoms with Gasteiger partial charge in [0, 0.05) is 24.0 Å². The molecular weight excluding hydrogens is 402 g/mol. The Hall–Kier alpha value is -3.00. The predicted octanol–water partition coefficient (Wildman–Crippen LogP) is 3.69. The van der Waals surface area contributed by atoms with E-state index in [1.807, 2.05) is 25.3 Å². The molecule has 0 saturated heterocycles. The summed E-state index contributed by atoms with van der Waals surface area (Å²) in [6.45, 7) is 1.91. The van der Waals surface area contributed by atoms with Crippen LogP contribution < -0.4 is 15.5 Å². The Bertz CT molecular complexity index is 886. The highest BCUT2D eigenvalue weighted by atomic mass is 32.2. The van der Waals surface area contributed by atoms with Crippen molar-refractivity contribution in [2.75, 3.05) is 36.4 Å². The van der Waals surface area contributed by atoms with E-state index in [0.29, 0.717) is 23.4 Å². The van der Waals surface area contributed by atoms with Gasteiger partial charge in [-0.25, -0.2) is 4.79 Å². The summed E-state index contributed by atoms with van der Waals surface area (Å²) in [4.78, 5) is 38.4. The van der Waals surface area contributed by atoms with Gasteiger partial charge >= 0.3 is 6.09 Å². The summed E-state index contributed by atoms with van der Waals surface area (Å²) in [6.07, 6.45) is 1.98. The number of aryl methyl sites for hydroxylation is 1. The number of methoxy groups -OCH3 is 1. The second-order valence-corrected chi connectivity index (χ2v) is 7.73. The molecule has 8 heteroatoms. The summed E-state index contributed by atoms with van der Waals surface area (Å²) in [5.41, 5.74) is 2.70.